The van der Waals surface area contributed by atoms with E-state index in [9.17, 15) is 19.7 Å². The summed E-state index contributed by atoms with van der Waals surface area (Å²) in [5, 5.41) is 14.8. The predicted octanol–water partition coefficient (Wildman–Crippen LogP) is 1.41. The molecule has 0 amide bonds. The summed E-state index contributed by atoms with van der Waals surface area (Å²) in [5.74, 6) is -1.34. The highest BCUT2D eigenvalue weighted by molar-refractivity contribution is 5.91. The van der Waals surface area contributed by atoms with Gasteiger partial charge in [0.25, 0.3) is 0 Å². The third kappa shape index (κ3) is 3.51. The summed E-state index contributed by atoms with van der Waals surface area (Å²) in [6, 6.07) is 6.47. The van der Waals surface area contributed by atoms with E-state index in [4.69, 9.17) is 0 Å². The van der Waals surface area contributed by atoms with Crippen molar-refractivity contribution in [2.45, 2.75) is 6.54 Å². The number of ether oxygens (including phenoxy) is 2. The summed E-state index contributed by atoms with van der Waals surface area (Å²) in [5.41, 5.74) is 0.344. The van der Waals surface area contributed by atoms with Gasteiger partial charge in [-0.25, -0.2) is 9.59 Å². The number of carbonyl (C=O) groups is 2. The summed E-state index contributed by atoms with van der Waals surface area (Å²) < 4.78 is 10.3. The van der Waals surface area contributed by atoms with E-state index in [2.05, 4.69) is 14.6 Å². The van der Waals surface area contributed by atoms with Crippen LogP contribution in [0.5, 0.6) is 0 Å². The number of carbonyl (C=O) groups excluding carboxylic acids is 2. The number of hydrogen-bond donors (Lipinski definition) is 0. The van der Waals surface area contributed by atoms with Crippen LogP contribution in [0.3, 0.4) is 0 Å². The summed E-state index contributed by atoms with van der Waals surface area (Å²) >= 11 is 0. The fourth-order valence-electron chi connectivity index (χ4n) is 1.92. The van der Waals surface area contributed by atoms with E-state index in [-0.39, 0.29) is 12.2 Å². The van der Waals surface area contributed by atoms with Crippen molar-refractivity contribution in [1.29, 1.82) is 0 Å². The lowest BCUT2D eigenvalue weighted by atomic mass is 10.1. The molecular weight excluding hydrogens is 306 g/mol. The Balaban J connectivity index is 2.25. The molecule has 0 aliphatic rings. The van der Waals surface area contributed by atoms with Gasteiger partial charge in [-0.3, -0.25) is 14.8 Å². The number of nitrogens with zero attached hydrogens (tertiary/aromatic N) is 3. The smallest absolute Gasteiger partial charge is 0.365 e. The first-order valence-corrected chi connectivity index (χ1v) is 6.43. The Labute approximate surface area is 130 Å². The highest BCUT2D eigenvalue weighted by Crippen LogP contribution is 2.18. The number of esters is 2. The number of benzene rings is 1. The molecule has 120 valence electrons. The molecule has 0 N–H and O–H groups in total. The lowest BCUT2D eigenvalue weighted by Crippen LogP contribution is -2.07. The average Bonchev–Trinajstić information content (AvgIpc) is 2.98. The minimum atomic E-state index is -0.878. The van der Waals surface area contributed by atoms with Crippen LogP contribution < -0.4 is 0 Å². The maximum absolute atomic E-state index is 11.5. The summed E-state index contributed by atoms with van der Waals surface area (Å²) in [7, 11) is 2.41. The zero-order chi connectivity index (χ0) is 17.0. The molecule has 0 aliphatic carbocycles. The molecule has 1 heterocycles. The molecule has 0 saturated carbocycles. The minimum Gasteiger partial charge on any atom is -0.465 e. The highest BCUT2D eigenvalue weighted by atomic mass is 16.6. The molecule has 9 heteroatoms. The van der Waals surface area contributed by atoms with E-state index >= 15 is 0 Å². The maximum Gasteiger partial charge on any atom is 0.365 e. The molecule has 0 atom stereocenters. The number of methoxy groups -OCH3 is 2. The Hall–Kier alpha value is -3.23. The molecule has 0 saturated heterocycles. The Kier molecular flexibility index (Phi) is 4.69. The predicted molar refractivity (Wildman–Crippen MR) is 77.1 cm³/mol. The van der Waals surface area contributed by atoms with Crippen LogP contribution >= 0.6 is 0 Å². The molecule has 23 heavy (non-hydrogen) atoms. The van der Waals surface area contributed by atoms with Gasteiger partial charge in [-0.1, -0.05) is 12.1 Å². The largest absolute Gasteiger partial charge is 0.465 e. The fraction of sp³-hybridized carbons (Fsp3) is 0.214. The van der Waals surface area contributed by atoms with Crippen molar-refractivity contribution < 1.29 is 24.0 Å². The molecule has 1 aromatic carbocycles. The Morgan fingerprint density at radius 2 is 1.78 bits per heavy atom. The van der Waals surface area contributed by atoms with Crippen LogP contribution in [0.4, 0.5) is 5.69 Å². The van der Waals surface area contributed by atoms with E-state index in [1.54, 1.807) is 24.3 Å². The Morgan fingerprint density at radius 3 is 2.30 bits per heavy atom. The van der Waals surface area contributed by atoms with Gasteiger partial charge in [0.1, 0.15) is 6.20 Å². The van der Waals surface area contributed by atoms with E-state index < -0.39 is 22.5 Å². The monoisotopic (exact) mass is 319 g/mol. The molecule has 0 spiro atoms. The van der Waals surface area contributed by atoms with E-state index in [0.29, 0.717) is 5.56 Å². The topological polar surface area (TPSA) is 114 Å². The van der Waals surface area contributed by atoms with Crippen molar-refractivity contribution in [3.8, 4) is 0 Å². The zero-order valence-electron chi connectivity index (χ0n) is 12.4. The Morgan fingerprint density at radius 1 is 1.17 bits per heavy atom. The van der Waals surface area contributed by atoms with Gasteiger partial charge < -0.3 is 9.47 Å². The van der Waals surface area contributed by atoms with Gasteiger partial charge in [0.15, 0.2) is 0 Å². The van der Waals surface area contributed by atoms with Gasteiger partial charge in [-0.05, 0) is 17.7 Å². The molecule has 9 nitrogen and oxygen atoms in total. The summed E-state index contributed by atoms with van der Waals surface area (Å²) in [6.45, 7) is 0.194. The minimum absolute atomic E-state index is 0.194. The highest BCUT2D eigenvalue weighted by Gasteiger charge is 2.26. The first kappa shape index (κ1) is 16.1. The van der Waals surface area contributed by atoms with Crippen molar-refractivity contribution in [1.82, 2.24) is 9.78 Å². The van der Waals surface area contributed by atoms with E-state index in [1.165, 1.54) is 11.8 Å². The van der Waals surface area contributed by atoms with Crippen molar-refractivity contribution in [3.63, 3.8) is 0 Å². The number of rotatable bonds is 5. The molecule has 0 bridgehead atoms. The number of nitro groups is 1. The van der Waals surface area contributed by atoms with Crippen LogP contribution in [0.15, 0.2) is 30.5 Å². The van der Waals surface area contributed by atoms with Gasteiger partial charge in [0.2, 0.25) is 5.69 Å². The standard InChI is InChI=1S/C14H13N3O6/c1-22-13(18)10-5-3-9(4-6-10)7-16-8-11(17(20)21)12(15-16)14(19)23-2/h3-6,8H,7H2,1-2H3. The molecule has 0 unspecified atom stereocenters. The fourth-order valence-corrected chi connectivity index (χ4v) is 1.92. The van der Waals surface area contributed by atoms with Crippen molar-refractivity contribution >= 4 is 17.6 Å². The van der Waals surface area contributed by atoms with Crippen molar-refractivity contribution in [2.75, 3.05) is 14.2 Å². The van der Waals surface area contributed by atoms with E-state index in [0.717, 1.165) is 18.9 Å². The van der Waals surface area contributed by atoms with Crippen LogP contribution in [0.2, 0.25) is 0 Å². The van der Waals surface area contributed by atoms with E-state index in [1.807, 2.05) is 0 Å². The molecule has 0 aliphatic heterocycles. The third-order valence-electron chi connectivity index (χ3n) is 3.04. The molecule has 1 aromatic heterocycles. The zero-order valence-corrected chi connectivity index (χ0v) is 12.4. The quantitative estimate of drug-likeness (QED) is 0.465. The second-order valence-electron chi connectivity index (χ2n) is 4.50. The van der Waals surface area contributed by atoms with Crippen LogP contribution in [0.25, 0.3) is 0 Å². The van der Waals surface area contributed by atoms with Gasteiger partial charge in [0.05, 0.1) is 31.3 Å². The van der Waals surface area contributed by atoms with Gasteiger partial charge in [0, 0.05) is 0 Å². The molecule has 0 radical (unpaired) electrons. The molecular formula is C14H13N3O6. The van der Waals surface area contributed by atoms with Crippen molar-refractivity contribution in [3.05, 3.63) is 57.4 Å². The third-order valence-corrected chi connectivity index (χ3v) is 3.04. The lowest BCUT2D eigenvalue weighted by Gasteiger charge is -2.03. The van der Waals surface area contributed by atoms with Crippen molar-refractivity contribution in [2.24, 2.45) is 0 Å². The lowest BCUT2D eigenvalue weighted by molar-refractivity contribution is -0.385. The first-order valence-electron chi connectivity index (χ1n) is 6.43. The molecule has 2 rings (SSSR count). The van der Waals surface area contributed by atoms with Crippen LogP contribution in [-0.4, -0.2) is 40.9 Å². The first-order chi connectivity index (χ1) is 11.0. The van der Waals surface area contributed by atoms with Crippen LogP contribution in [-0.2, 0) is 16.0 Å². The van der Waals surface area contributed by atoms with Gasteiger partial charge in [-0.2, -0.15) is 5.10 Å². The van der Waals surface area contributed by atoms with Gasteiger partial charge in [-0.15, -0.1) is 0 Å². The summed E-state index contributed by atoms with van der Waals surface area (Å²) in [4.78, 5) is 33.1. The van der Waals surface area contributed by atoms with Crippen LogP contribution in [0, 0.1) is 10.1 Å². The molecule has 2 aromatic rings. The van der Waals surface area contributed by atoms with Gasteiger partial charge >= 0.3 is 17.6 Å². The normalized spacial score (nSPS) is 10.2. The van der Waals surface area contributed by atoms with Crippen LogP contribution in [0.1, 0.15) is 26.4 Å². The molecule has 0 fully saturated rings. The number of hydrogen-bond acceptors (Lipinski definition) is 7. The summed E-state index contributed by atoms with van der Waals surface area (Å²) in [6.07, 6.45) is 1.15. The second kappa shape index (κ2) is 6.69. The SMILES string of the molecule is COC(=O)c1ccc(Cn2cc([N+](=O)[O-])c(C(=O)OC)n2)cc1. The number of aromatic nitrogens is 2. The second-order valence-corrected chi connectivity index (χ2v) is 4.50. The maximum atomic E-state index is 11.5. The average molecular weight is 319 g/mol. The Bertz CT molecular complexity index is 750.